The molecule has 1 atom stereocenters. The molecule has 0 aliphatic rings. The number of benzene rings is 2. The number of hydrogen-bond donors (Lipinski definition) is 2. The van der Waals surface area contributed by atoms with Crippen molar-refractivity contribution in [2.24, 2.45) is 0 Å². The Balaban J connectivity index is 1.83. The molecule has 8 heteroatoms. The summed E-state index contributed by atoms with van der Waals surface area (Å²) in [5.74, 6) is -1.88. The molecule has 8 nitrogen and oxygen atoms in total. The van der Waals surface area contributed by atoms with Gasteiger partial charge in [0.2, 0.25) is 0 Å². The van der Waals surface area contributed by atoms with Crippen LogP contribution in [0.25, 0.3) is 11.0 Å². The van der Waals surface area contributed by atoms with Crippen LogP contribution >= 0.6 is 0 Å². The fourth-order valence-electron chi connectivity index (χ4n) is 4.23. The van der Waals surface area contributed by atoms with Crippen molar-refractivity contribution in [3.8, 4) is 11.5 Å². The minimum atomic E-state index is -1.07. The molecular formula is C27H25NO7. The van der Waals surface area contributed by atoms with E-state index >= 15 is 0 Å². The van der Waals surface area contributed by atoms with Gasteiger partial charge in [0.1, 0.15) is 17.1 Å². The van der Waals surface area contributed by atoms with Gasteiger partial charge < -0.3 is 23.9 Å². The number of para-hydroxylation sites is 1. The van der Waals surface area contributed by atoms with Crippen molar-refractivity contribution >= 4 is 16.9 Å². The molecule has 0 saturated heterocycles. The van der Waals surface area contributed by atoms with Crippen LogP contribution in [0.2, 0.25) is 0 Å². The number of esters is 1. The number of aromatic hydroxyl groups is 2. The third kappa shape index (κ3) is 4.82. The summed E-state index contributed by atoms with van der Waals surface area (Å²) in [5, 5.41) is 20.6. The number of hydrogen-bond acceptors (Lipinski definition) is 7. The van der Waals surface area contributed by atoms with Gasteiger partial charge in [-0.25, -0.2) is 0 Å². The molecule has 35 heavy (non-hydrogen) atoms. The zero-order valence-electron chi connectivity index (χ0n) is 19.4. The summed E-state index contributed by atoms with van der Waals surface area (Å²) in [6.45, 7) is 1.99. The summed E-state index contributed by atoms with van der Waals surface area (Å²) < 4.78 is 11.9. The van der Waals surface area contributed by atoms with Crippen LogP contribution in [0, 0.1) is 6.92 Å². The van der Waals surface area contributed by atoms with E-state index in [4.69, 9.17) is 9.15 Å². The van der Waals surface area contributed by atoms with Crippen molar-refractivity contribution in [3.05, 3.63) is 104 Å². The second-order valence-electron chi connectivity index (χ2n) is 8.31. The molecule has 4 aromatic rings. The van der Waals surface area contributed by atoms with Crippen LogP contribution in [0.5, 0.6) is 11.5 Å². The second-order valence-corrected chi connectivity index (χ2v) is 8.31. The van der Waals surface area contributed by atoms with Gasteiger partial charge >= 0.3 is 5.97 Å². The Kier molecular flexibility index (Phi) is 6.73. The van der Waals surface area contributed by atoms with Gasteiger partial charge in [0.05, 0.1) is 30.7 Å². The first-order valence-corrected chi connectivity index (χ1v) is 11.1. The lowest BCUT2D eigenvalue weighted by atomic mass is 9.88. The first kappa shape index (κ1) is 23.8. The predicted octanol–water partition coefficient (Wildman–Crippen LogP) is 3.61. The van der Waals surface area contributed by atoms with Crippen LogP contribution in [0.1, 0.15) is 34.7 Å². The maximum Gasteiger partial charge on any atom is 0.306 e. The Morgan fingerprint density at radius 2 is 1.80 bits per heavy atom. The van der Waals surface area contributed by atoms with E-state index in [1.807, 2.05) is 0 Å². The number of rotatable bonds is 7. The number of carbonyl (C=O) groups excluding carboxylic acids is 1. The Labute approximate surface area is 200 Å². The topological polar surface area (TPSA) is 119 Å². The van der Waals surface area contributed by atoms with Gasteiger partial charge in [-0.05, 0) is 49.2 Å². The Morgan fingerprint density at radius 3 is 2.51 bits per heavy atom. The van der Waals surface area contributed by atoms with Gasteiger partial charge in [0.15, 0.2) is 5.43 Å². The molecule has 0 radical (unpaired) electrons. The summed E-state index contributed by atoms with van der Waals surface area (Å²) >= 11 is 0. The number of aromatic nitrogens is 1. The molecule has 0 bridgehead atoms. The third-order valence-electron chi connectivity index (χ3n) is 6.11. The molecule has 4 rings (SSSR count). The minimum Gasteiger partial charge on any atom is -0.508 e. The number of methoxy groups -OCH3 is 1. The smallest absolute Gasteiger partial charge is 0.306 e. The zero-order chi connectivity index (χ0) is 25.1. The van der Waals surface area contributed by atoms with Gasteiger partial charge in [-0.3, -0.25) is 14.4 Å². The summed E-state index contributed by atoms with van der Waals surface area (Å²) in [7, 11) is 1.22. The lowest BCUT2D eigenvalue weighted by Gasteiger charge is -2.20. The molecule has 0 amide bonds. The van der Waals surface area contributed by atoms with Crippen molar-refractivity contribution in [1.29, 1.82) is 0 Å². The Morgan fingerprint density at radius 1 is 1.09 bits per heavy atom. The summed E-state index contributed by atoms with van der Waals surface area (Å²) in [5.41, 5.74) is 0.906. The molecule has 0 aliphatic carbocycles. The van der Waals surface area contributed by atoms with Gasteiger partial charge in [-0.2, -0.15) is 0 Å². The first-order chi connectivity index (χ1) is 16.8. The standard InChI is InChI=1S/C27H25NO7/c1-16-13-22(30)25(27(33)28(16)12-11-17-7-9-18(29)10-8-17)20(14-24(31)34-2)21-15-35-23-6-4-3-5-19(23)26(21)32/h3-10,13,15,20,29-30H,11-12,14H2,1-2H3/t20-/m0/s1. The summed E-state index contributed by atoms with van der Waals surface area (Å²) in [6.07, 6.45) is 1.40. The third-order valence-corrected chi connectivity index (χ3v) is 6.11. The molecule has 0 spiro atoms. The first-order valence-electron chi connectivity index (χ1n) is 11.1. The van der Waals surface area contributed by atoms with Gasteiger partial charge in [0, 0.05) is 23.7 Å². The summed E-state index contributed by atoms with van der Waals surface area (Å²) in [4.78, 5) is 39.2. The molecule has 0 saturated carbocycles. The van der Waals surface area contributed by atoms with Crippen LogP contribution in [0.15, 0.2) is 74.9 Å². The average molecular weight is 475 g/mol. The fourth-order valence-corrected chi connectivity index (χ4v) is 4.23. The highest BCUT2D eigenvalue weighted by molar-refractivity contribution is 5.77. The van der Waals surface area contributed by atoms with Crippen molar-refractivity contribution in [2.75, 3.05) is 7.11 Å². The maximum atomic E-state index is 13.6. The lowest BCUT2D eigenvalue weighted by molar-refractivity contribution is -0.140. The van der Waals surface area contributed by atoms with Gasteiger partial charge in [0.25, 0.3) is 5.56 Å². The fraction of sp³-hybridized carbons (Fsp3) is 0.222. The lowest BCUT2D eigenvalue weighted by Crippen LogP contribution is -2.30. The van der Waals surface area contributed by atoms with Crippen LogP contribution in [-0.2, 0) is 22.5 Å². The molecule has 2 heterocycles. The molecule has 0 aliphatic heterocycles. The summed E-state index contributed by atoms with van der Waals surface area (Å²) in [6, 6.07) is 14.8. The van der Waals surface area contributed by atoms with E-state index < -0.39 is 22.9 Å². The number of nitrogens with zero attached hydrogens (tertiary/aromatic N) is 1. The molecule has 180 valence electrons. The molecule has 2 aromatic carbocycles. The van der Waals surface area contributed by atoms with Crippen molar-refractivity contribution in [1.82, 2.24) is 4.57 Å². The normalized spacial score (nSPS) is 11.9. The number of pyridine rings is 1. The van der Waals surface area contributed by atoms with Crippen LogP contribution in [0.3, 0.4) is 0 Å². The van der Waals surface area contributed by atoms with Crippen LogP contribution in [-0.4, -0.2) is 27.9 Å². The van der Waals surface area contributed by atoms with E-state index in [-0.39, 0.29) is 29.0 Å². The van der Waals surface area contributed by atoms with E-state index in [0.717, 1.165) is 5.56 Å². The zero-order valence-corrected chi connectivity index (χ0v) is 19.4. The maximum absolute atomic E-state index is 13.6. The Hall–Kier alpha value is -4.33. The monoisotopic (exact) mass is 475 g/mol. The molecule has 0 fully saturated rings. The molecule has 0 unspecified atom stereocenters. The van der Waals surface area contributed by atoms with Crippen molar-refractivity contribution in [3.63, 3.8) is 0 Å². The second kappa shape index (κ2) is 9.89. The quantitative estimate of drug-likeness (QED) is 0.392. The molecular weight excluding hydrogens is 450 g/mol. The largest absolute Gasteiger partial charge is 0.508 e. The highest BCUT2D eigenvalue weighted by atomic mass is 16.5. The highest BCUT2D eigenvalue weighted by Gasteiger charge is 2.29. The predicted molar refractivity (Wildman–Crippen MR) is 130 cm³/mol. The average Bonchev–Trinajstić information content (AvgIpc) is 2.84. The number of phenolic OH excluding ortho intramolecular Hbond substituents is 1. The minimum absolute atomic E-state index is 0.0747. The number of phenols is 1. The van der Waals surface area contributed by atoms with E-state index in [1.54, 1.807) is 55.5 Å². The van der Waals surface area contributed by atoms with E-state index in [9.17, 15) is 24.6 Å². The number of aryl methyl sites for hydroxylation is 2. The number of carbonyl (C=O) groups is 1. The van der Waals surface area contributed by atoms with Crippen molar-refractivity contribution in [2.45, 2.75) is 32.2 Å². The highest BCUT2D eigenvalue weighted by Crippen LogP contribution is 2.32. The van der Waals surface area contributed by atoms with E-state index in [1.165, 1.54) is 24.0 Å². The van der Waals surface area contributed by atoms with Gasteiger partial charge in [-0.1, -0.05) is 24.3 Å². The van der Waals surface area contributed by atoms with Crippen LogP contribution < -0.4 is 11.0 Å². The van der Waals surface area contributed by atoms with Crippen LogP contribution in [0.4, 0.5) is 0 Å². The number of ether oxygens (including phenoxy) is 1. The Bertz CT molecular complexity index is 1500. The van der Waals surface area contributed by atoms with Crippen molar-refractivity contribution < 1.29 is 24.2 Å². The van der Waals surface area contributed by atoms with E-state index in [0.29, 0.717) is 29.6 Å². The van der Waals surface area contributed by atoms with Gasteiger partial charge in [-0.15, -0.1) is 0 Å². The molecule has 2 aromatic heterocycles. The number of fused-ring (bicyclic) bond motifs is 1. The SMILES string of the molecule is COC(=O)C[C@@H](c1coc2ccccc2c1=O)c1c(O)cc(C)n(CCc2ccc(O)cc2)c1=O. The van der Waals surface area contributed by atoms with E-state index in [2.05, 4.69) is 0 Å². The molecule has 2 N–H and O–H groups in total.